The van der Waals surface area contributed by atoms with Crippen LogP contribution in [0.2, 0.25) is 0 Å². The zero-order valence-electron chi connectivity index (χ0n) is 14.8. The van der Waals surface area contributed by atoms with Gasteiger partial charge in [-0.2, -0.15) is 0 Å². The van der Waals surface area contributed by atoms with Gasteiger partial charge in [-0.3, -0.25) is 9.80 Å². The fraction of sp³-hybridized carbons (Fsp3) is 1.00. The number of piperazine rings is 1. The summed E-state index contributed by atoms with van der Waals surface area (Å²) in [6, 6.07) is 0. The van der Waals surface area contributed by atoms with Crippen LogP contribution in [0.15, 0.2) is 0 Å². The minimum atomic E-state index is 0.273. The molecule has 0 aromatic heterocycles. The van der Waals surface area contributed by atoms with Crippen LogP contribution in [0.5, 0.6) is 0 Å². The first-order chi connectivity index (χ1) is 9.93. The van der Waals surface area contributed by atoms with Crippen molar-refractivity contribution in [3.8, 4) is 0 Å². The van der Waals surface area contributed by atoms with Crippen LogP contribution in [0.3, 0.4) is 0 Å². The van der Waals surface area contributed by atoms with Gasteiger partial charge in [-0.15, -0.1) is 0 Å². The van der Waals surface area contributed by atoms with Crippen LogP contribution in [0.1, 0.15) is 65.7 Å². The third kappa shape index (κ3) is 3.80. The van der Waals surface area contributed by atoms with Crippen molar-refractivity contribution < 1.29 is 0 Å². The van der Waals surface area contributed by atoms with Gasteiger partial charge in [0.1, 0.15) is 0 Å². The van der Waals surface area contributed by atoms with Crippen LogP contribution in [-0.4, -0.2) is 54.1 Å². The molecule has 2 N–H and O–H groups in total. The number of likely N-dealkylation sites (N-methyl/N-ethyl adjacent to an activating group) is 1. The topological polar surface area (TPSA) is 32.5 Å². The molecule has 2 fully saturated rings. The molecule has 0 spiro atoms. The van der Waals surface area contributed by atoms with E-state index in [1.807, 2.05) is 0 Å². The van der Waals surface area contributed by atoms with Gasteiger partial charge in [0.05, 0.1) is 0 Å². The first-order valence-corrected chi connectivity index (χ1v) is 9.10. The van der Waals surface area contributed by atoms with E-state index in [0.717, 1.165) is 12.5 Å². The zero-order valence-corrected chi connectivity index (χ0v) is 14.8. The van der Waals surface area contributed by atoms with Gasteiger partial charge in [0, 0.05) is 37.3 Å². The van der Waals surface area contributed by atoms with E-state index in [9.17, 15) is 0 Å². The molecule has 1 saturated heterocycles. The van der Waals surface area contributed by atoms with Crippen molar-refractivity contribution in [1.82, 2.24) is 9.80 Å². The second-order valence-electron chi connectivity index (χ2n) is 8.17. The van der Waals surface area contributed by atoms with E-state index < -0.39 is 0 Å². The summed E-state index contributed by atoms with van der Waals surface area (Å²) < 4.78 is 0. The Morgan fingerprint density at radius 3 is 2.52 bits per heavy atom. The van der Waals surface area contributed by atoms with Gasteiger partial charge < -0.3 is 5.73 Å². The largest absolute Gasteiger partial charge is 0.329 e. The molecule has 0 amide bonds. The first-order valence-electron chi connectivity index (χ1n) is 9.10. The van der Waals surface area contributed by atoms with Crippen molar-refractivity contribution in [3.05, 3.63) is 0 Å². The molecule has 2 atom stereocenters. The van der Waals surface area contributed by atoms with Crippen LogP contribution in [0.25, 0.3) is 0 Å². The molecule has 2 aliphatic rings. The maximum absolute atomic E-state index is 6.33. The van der Waals surface area contributed by atoms with Gasteiger partial charge in [0.15, 0.2) is 0 Å². The summed E-state index contributed by atoms with van der Waals surface area (Å²) >= 11 is 0. The van der Waals surface area contributed by atoms with E-state index >= 15 is 0 Å². The number of hydrogen-bond acceptors (Lipinski definition) is 3. The SMILES string of the molecule is CCCC1CCCC(CN)(N2CCN(C)C(C)(C)C2)CC1. The molecule has 3 nitrogen and oxygen atoms in total. The number of nitrogens with two attached hydrogens (primary N) is 1. The minimum Gasteiger partial charge on any atom is -0.329 e. The molecule has 21 heavy (non-hydrogen) atoms. The van der Waals surface area contributed by atoms with Gasteiger partial charge in [0.2, 0.25) is 0 Å². The Hall–Kier alpha value is -0.120. The molecule has 0 bridgehead atoms. The third-order valence-corrected chi connectivity index (χ3v) is 6.34. The summed E-state index contributed by atoms with van der Waals surface area (Å²) in [7, 11) is 2.26. The lowest BCUT2D eigenvalue weighted by Crippen LogP contribution is -2.65. The summed E-state index contributed by atoms with van der Waals surface area (Å²) in [6.07, 6.45) is 9.55. The average Bonchev–Trinajstić information content (AvgIpc) is 2.66. The monoisotopic (exact) mass is 295 g/mol. The maximum Gasteiger partial charge on any atom is 0.0333 e. The van der Waals surface area contributed by atoms with Crippen LogP contribution in [-0.2, 0) is 0 Å². The summed E-state index contributed by atoms with van der Waals surface area (Å²) in [4.78, 5) is 5.26. The lowest BCUT2D eigenvalue weighted by molar-refractivity contribution is -0.0285. The molecule has 1 saturated carbocycles. The third-order valence-electron chi connectivity index (χ3n) is 6.34. The van der Waals surface area contributed by atoms with E-state index in [2.05, 4.69) is 37.6 Å². The van der Waals surface area contributed by atoms with E-state index in [0.29, 0.717) is 0 Å². The van der Waals surface area contributed by atoms with Gasteiger partial charge in [-0.05, 0) is 46.1 Å². The maximum atomic E-state index is 6.33. The molecule has 1 aliphatic heterocycles. The van der Waals surface area contributed by atoms with Crippen molar-refractivity contribution in [2.24, 2.45) is 11.7 Å². The van der Waals surface area contributed by atoms with Gasteiger partial charge >= 0.3 is 0 Å². The van der Waals surface area contributed by atoms with E-state index in [-0.39, 0.29) is 11.1 Å². The van der Waals surface area contributed by atoms with Gasteiger partial charge in [0.25, 0.3) is 0 Å². The van der Waals surface area contributed by atoms with Crippen molar-refractivity contribution in [1.29, 1.82) is 0 Å². The predicted octanol–water partition coefficient (Wildman–Crippen LogP) is 3.09. The molecule has 124 valence electrons. The van der Waals surface area contributed by atoms with E-state index in [4.69, 9.17) is 5.73 Å². The second-order valence-corrected chi connectivity index (χ2v) is 8.17. The van der Waals surface area contributed by atoms with Crippen molar-refractivity contribution >= 4 is 0 Å². The Labute approximate surface area is 132 Å². The molecule has 0 aromatic carbocycles. The highest BCUT2D eigenvalue weighted by Gasteiger charge is 2.42. The zero-order chi connectivity index (χ0) is 15.5. The molecule has 1 heterocycles. The smallest absolute Gasteiger partial charge is 0.0333 e. The van der Waals surface area contributed by atoms with Crippen molar-refractivity contribution in [2.45, 2.75) is 76.8 Å². The molecule has 2 unspecified atom stereocenters. The molecule has 0 radical (unpaired) electrons. The molecule has 3 heteroatoms. The van der Waals surface area contributed by atoms with Crippen LogP contribution in [0, 0.1) is 5.92 Å². The Morgan fingerprint density at radius 1 is 1.14 bits per heavy atom. The Bertz CT molecular complexity index is 328. The normalized spacial score (nSPS) is 35.6. The number of nitrogens with zero attached hydrogens (tertiary/aromatic N) is 2. The lowest BCUT2D eigenvalue weighted by atomic mass is 9.84. The Kier molecular flexibility index (Phi) is 5.72. The summed E-state index contributed by atoms with van der Waals surface area (Å²) in [6.45, 7) is 11.4. The Balaban J connectivity index is 2.07. The molecule has 1 aliphatic carbocycles. The highest BCUT2D eigenvalue weighted by atomic mass is 15.3. The fourth-order valence-electron chi connectivity index (χ4n) is 4.45. The average molecular weight is 296 g/mol. The quantitative estimate of drug-likeness (QED) is 0.809. The Morgan fingerprint density at radius 2 is 1.90 bits per heavy atom. The second kappa shape index (κ2) is 6.97. The predicted molar refractivity (Wildman–Crippen MR) is 91.6 cm³/mol. The number of hydrogen-bond donors (Lipinski definition) is 1. The molecule has 2 rings (SSSR count). The van der Waals surface area contributed by atoms with Crippen LogP contribution < -0.4 is 5.73 Å². The summed E-state index contributed by atoms with van der Waals surface area (Å²) in [5, 5.41) is 0. The van der Waals surface area contributed by atoms with Gasteiger partial charge in [-0.25, -0.2) is 0 Å². The highest BCUT2D eigenvalue weighted by molar-refractivity contribution is 5.00. The molecular formula is C18H37N3. The van der Waals surface area contributed by atoms with Crippen molar-refractivity contribution in [3.63, 3.8) is 0 Å². The summed E-state index contributed by atoms with van der Waals surface area (Å²) in [5.41, 5.74) is 6.88. The fourth-order valence-corrected chi connectivity index (χ4v) is 4.45. The first kappa shape index (κ1) is 17.2. The highest BCUT2D eigenvalue weighted by Crippen LogP contribution is 2.38. The number of rotatable bonds is 4. The molecular weight excluding hydrogens is 258 g/mol. The van der Waals surface area contributed by atoms with Crippen LogP contribution in [0.4, 0.5) is 0 Å². The minimum absolute atomic E-state index is 0.273. The van der Waals surface area contributed by atoms with E-state index in [1.165, 1.54) is 64.6 Å². The van der Waals surface area contributed by atoms with Crippen molar-refractivity contribution in [2.75, 3.05) is 33.2 Å². The van der Waals surface area contributed by atoms with E-state index in [1.54, 1.807) is 0 Å². The van der Waals surface area contributed by atoms with Gasteiger partial charge in [-0.1, -0.05) is 32.6 Å². The summed E-state index contributed by atoms with van der Waals surface area (Å²) in [5.74, 6) is 0.948. The standard InChI is InChI=1S/C18H37N3/c1-5-7-16-8-6-10-18(14-19,11-9-16)21-13-12-20(4)17(2,3)15-21/h16H,5-15,19H2,1-4H3. The molecule has 0 aromatic rings. The lowest BCUT2D eigenvalue weighted by Gasteiger charge is -2.53. The van der Waals surface area contributed by atoms with Crippen LogP contribution >= 0.6 is 0 Å².